The Bertz CT molecular complexity index is 801. The van der Waals surface area contributed by atoms with Crippen molar-refractivity contribution in [2.24, 2.45) is 0 Å². The molecule has 128 valence electrons. The van der Waals surface area contributed by atoms with Gasteiger partial charge in [-0.3, -0.25) is 4.90 Å². The predicted molar refractivity (Wildman–Crippen MR) is 91.5 cm³/mol. The minimum atomic E-state index is -0.533. The number of carbonyl (C=O) groups is 2. The van der Waals surface area contributed by atoms with E-state index in [1.54, 1.807) is 17.9 Å². The number of aromatic nitrogens is 1. The van der Waals surface area contributed by atoms with E-state index in [0.717, 1.165) is 28.6 Å². The molecule has 0 saturated carbocycles. The highest BCUT2D eigenvalue weighted by Gasteiger charge is 2.30. The molecular formula is C18H22N2O4. The standard InChI is InChI=1S/C18H22N2O4/c1-5-23-16(21)14-10-12-11-8-9-20(17(22)24-18(2,3)4)15(11)7-6-13(12)19-14/h6-7,10,19H,5,8-9H2,1-4H3. The summed E-state index contributed by atoms with van der Waals surface area (Å²) in [6.45, 7) is 8.23. The fourth-order valence-corrected chi connectivity index (χ4v) is 2.94. The third kappa shape index (κ3) is 2.96. The summed E-state index contributed by atoms with van der Waals surface area (Å²) in [6, 6.07) is 5.56. The van der Waals surface area contributed by atoms with Gasteiger partial charge >= 0.3 is 12.1 Å². The number of aromatic amines is 1. The lowest BCUT2D eigenvalue weighted by atomic mass is 10.1. The van der Waals surface area contributed by atoms with Gasteiger partial charge in [0.15, 0.2) is 0 Å². The molecule has 2 heterocycles. The van der Waals surface area contributed by atoms with Crippen molar-refractivity contribution in [3.63, 3.8) is 0 Å². The predicted octanol–water partition coefficient (Wildman–Crippen LogP) is 3.64. The van der Waals surface area contributed by atoms with Gasteiger partial charge in [-0.2, -0.15) is 0 Å². The molecule has 6 heteroatoms. The van der Waals surface area contributed by atoms with Gasteiger partial charge in [-0.25, -0.2) is 9.59 Å². The van der Waals surface area contributed by atoms with Crippen molar-refractivity contribution < 1.29 is 19.1 Å². The SMILES string of the molecule is CCOC(=O)c1cc2c3c(ccc2[nH]1)N(C(=O)OC(C)(C)C)CC3. The highest BCUT2D eigenvalue weighted by atomic mass is 16.6. The van der Waals surface area contributed by atoms with Gasteiger partial charge in [-0.1, -0.05) is 0 Å². The first-order valence-corrected chi connectivity index (χ1v) is 8.12. The number of fused-ring (bicyclic) bond motifs is 3. The molecule has 1 aromatic carbocycles. The van der Waals surface area contributed by atoms with Crippen LogP contribution in [0, 0.1) is 0 Å². The number of H-pyrrole nitrogens is 1. The van der Waals surface area contributed by atoms with Crippen molar-refractivity contribution in [3.05, 3.63) is 29.5 Å². The molecule has 3 rings (SSSR count). The van der Waals surface area contributed by atoms with Crippen LogP contribution in [-0.2, 0) is 15.9 Å². The Morgan fingerprint density at radius 1 is 1.29 bits per heavy atom. The number of benzene rings is 1. The summed E-state index contributed by atoms with van der Waals surface area (Å²) < 4.78 is 10.5. The molecule has 1 aromatic heterocycles. The molecule has 1 aliphatic heterocycles. The zero-order valence-corrected chi connectivity index (χ0v) is 14.4. The Labute approximate surface area is 140 Å². The van der Waals surface area contributed by atoms with Crippen molar-refractivity contribution in [1.82, 2.24) is 4.98 Å². The van der Waals surface area contributed by atoms with E-state index in [9.17, 15) is 9.59 Å². The van der Waals surface area contributed by atoms with E-state index in [2.05, 4.69) is 4.98 Å². The van der Waals surface area contributed by atoms with Crippen molar-refractivity contribution in [3.8, 4) is 0 Å². The molecular weight excluding hydrogens is 308 g/mol. The molecule has 2 aromatic rings. The van der Waals surface area contributed by atoms with Gasteiger partial charge < -0.3 is 14.5 Å². The number of esters is 1. The Morgan fingerprint density at radius 3 is 2.71 bits per heavy atom. The van der Waals surface area contributed by atoms with Gasteiger partial charge in [0.2, 0.25) is 0 Å². The topological polar surface area (TPSA) is 71.6 Å². The number of hydrogen-bond donors (Lipinski definition) is 1. The summed E-state index contributed by atoms with van der Waals surface area (Å²) in [5.74, 6) is -0.371. The van der Waals surface area contributed by atoms with Gasteiger partial charge in [0, 0.05) is 17.4 Å². The van der Waals surface area contributed by atoms with Gasteiger partial charge in [0.25, 0.3) is 0 Å². The second-order valence-corrected chi connectivity index (χ2v) is 6.81. The Hall–Kier alpha value is -2.50. The highest BCUT2D eigenvalue weighted by Crippen LogP contribution is 2.35. The number of carbonyl (C=O) groups excluding carboxylic acids is 2. The molecule has 0 radical (unpaired) electrons. The van der Waals surface area contributed by atoms with Crippen LogP contribution in [0.15, 0.2) is 18.2 Å². The third-order valence-electron chi connectivity index (χ3n) is 3.88. The Morgan fingerprint density at radius 2 is 2.04 bits per heavy atom. The van der Waals surface area contributed by atoms with Crippen LogP contribution in [0.5, 0.6) is 0 Å². The lowest BCUT2D eigenvalue weighted by Gasteiger charge is -2.24. The average Bonchev–Trinajstić information content (AvgIpc) is 3.09. The number of rotatable bonds is 2. The molecule has 1 aliphatic rings. The smallest absolute Gasteiger partial charge is 0.414 e. The molecule has 0 bridgehead atoms. The summed E-state index contributed by atoms with van der Waals surface area (Å²) in [7, 11) is 0. The van der Waals surface area contributed by atoms with Gasteiger partial charge in [0.1, 0.15) is 11.3 Å². The van der Waals surface area contributed by atoms with E-state index in [1.807, 2.05) is 32.9 Å². The number of amides is 1. The fourth-order valence-electron chi connectivity index (χ4n) is 2.94. The molecule has 0 spiro atoms. The molecule has 1 amide bonds. The molecule has 0 saturated heterocycles. The van der Waals surface area contributed by atoms with Crippen LogP contribution in [0.3, 0.4) is 0 Å². The molecule has 6 nitrogen and oxygen atoms in total. The van der Waals surface area contributed by atoms with Crippen LogP contribution in [-0.4, -0.2) is 35.8 Å². The summed E-state index contributed by atoms with van der Waals surface area (Å²) in [6.07, 6.45) is 0.383. The van der Waals surface area contributed by atoms with Crippen molar-refractivity contribution in [2.45, 2.75) is 39.7 Å². The Kier molecular flexibility index (Phi) is 3.99. The molecule has 0 atom stereocenters. The minimum absolute atomic E-state index is 0.332. The van der Waals surface area contributed by atoms with E-state index < -0.39 is 5.60 Å². The second-order valence-electron chi connectivity index (χ2n) is 6.81. The van der Waals surface area contributed by atoms with Crippen LogP contribution in [0.4, 0.5) is 10.5 Å². The number of anilines is 1. The fraction of sp³-hybridized carbons (Fsp3) is 0.444. The maximum absolute atomic E-state index is 12.4. The summed E-state index contributed by atoms with van der Waals surface area (Å²) in [5.41, 5.74) is 2.64. The van der Waals surface area contributed by atoms with Crippen molar-refractivity contribution >= 4 is 28.7 Å². The quantitative estimate of drug-likeness (QED) is 0.853. The van der Waals surface area contributed by atoms with Gasteiger partial charge in [-0.15, -0.1) is 0 Å². The van der Waals surface area contributed by atoms with E-state index in [0.29, 0.717) is 18.8 Å². The van der Waals surface area contributed by atoms with Crippen molar-refractivity contribution in [2.75, 3.05) is 18.1 Å². The number of nitrogens with zero attached hydrogens (tertiary/aromatic N) is 1. The molecule has 0 fully saturated rings. The Balaban J connectivity index is 1.94. The zero-order chi connectivity index (χ0) is 17.5. The van der Waals surface area contributed by atoms with Crippen LogP contribution in [0.2, 0.25) is 0 Å². The largest absolute Gasteiger partial charge is 0.461 e. The number of ether oxygens (including phenoxy) is 2. The van der Waals surface area contributed by atoms with Gasteiger partial charge in [-0.05, 0) is 57.9 Å². The summed E-state index contributed by atoms with van der Waals surface area (Å²) >= 11 is 0. The third-order valence-corrected chi connectivity index (χ3v) is 3.88. The lowest BCUT2D eigenvalue weighted by molar-refractivity contribution is 0.0519. The maximum atomic E-state index is 12.4. The highest BCUT2D eigenvalue weighted by molar-refractivity contribution is 6.01. The molecule has 1 N–H and O–H groups in total. The van der Waals surface area contributed by atoms with E-state index in [-0.39, 0.29) is 12.1 Å². The van der Waals surface area contributed by atoms with E-state index >= 15 is 0 Å². The van der Waals surface area contributed by atoms with Crippen LogP contribution >= 0.6 is 0 Å². The lowest BCUT2D eigenvalue weighted by Crippen LogP contribution is -2.35. The molecule has 24 heavy (non-hydrogen) atoms. The van der Waals surface area contributed by atoms with Gasteiger partial charge in [0.05, 0.1) is 12.3 Å². The monoisotopic (exact) mass is 330 g/mol. The summed E-state index contributed by atoms with van der Waals surface area (Å²) in [4.78, 5) is 29.0. The second kappa shape index (κ2) is 5.85. The van der Waals surface area contributed by atoms with E-state index in [4.69, 9.17) is 9.47 Å². The van der Waals surface area contributed by atoms with Crippen LogP contribution in [0.25, 0.3) is 10.9 Å². The normalized spacial score (nSPS) is 13.9. The molecule has 0 aliphatic carbocycles. The number of nitrogens with one attached hydrogen (secondary N) is 1. The first-order valence-electron chi connectivity index (χ1n) is 8.12. The molecule has 0 unspecified atom stereocenters. The van der Waals surface area contributed by atoms with Crippen LogP contribution < -0.4 is 4.90 Å². The summed E-state index contributed by atoms with van der Waals surface area (Å²) in [5, 5.41) is 0.946. The first kappa shape index (κ1) is 16.4. The minimum Gasteiger partial charge on any atom is -0.461 e. The van der Waals surface area contributed by atoms with Crippen LogP contribution in [0.1, 0.15) is 43.7 Å². The van der Waals surface area contributed by atoms with E-state index in [1.165, 1.54) is 0 Å². The number of hydrogen-bond acceptors (Lipinski definition) is 4. The zero-order valence-electron chi connectivity index (χ0n) is 14.4. The maximum Gasteiger partial charge on any atom is 0.414 e. The average molecular weight is 330 g/mol. The first-order chi connectivity index (χ1) is 11.3. The van der Waals surface area contributed by atoms with Crippen molar-refractivity contribution in [1.29, 1.82) is 0 Å².